The summed E-state index contributed by atoms with van der Waals surface area (Å²) >= 11 is 0. The van der Waals surface area contributed by atoms with Gasteiger partial charge in [-0.25, -0.2) is 0 Å². The molecule has 1 aromatic rings. The Morgan fingerprint density at radius 2 is 2.07 bits per heavy atom. The fourth-order valence-electron chi connectivity index (χ4n) is 1.50. The zero-order valence-electron chi connectivity index (χ0n) is 9.49. The maximum absolute atomic E-state index is 11.5. The molecule has 0 N–H and O–H groups in total. The van der Waals surface area contributed by atoms with Crippen molar-refractivity contribution in [3.05, 3.63) is 29.8 Å². The Labute approximate surface area is 90.7 Å². The lowest BCUT2D eigenvalue weighted by Gasteiger charge is -2.22. The van der Waals surface area contributed by atoms with Gasteiger partial charge in [0.05, 0.1) is 6.61 Å². The van der Waals surface area contributed by atoms with Crippen LogP contribution < -0.4 is 4.90 Å². The number of methoxy groups -OCH3 is 1. The molecule has 0 fully saturated rings. The highest BCUT2D eigenvalue weighted by molar-refractivity contribution is 5.92. The third-order valence-corrected chi connectivity index (χ3v) is 2.31. The molecule has 0 aromatic heterocycles. The van der Waals surface area contributed by atoms with Crippen LogP contribution in [0, 0.1) is 6.92 Å². The molecule has 82 valence electrons. The summed E-state index contributed by atoms with van der Waals surface area (Å²) < 4.78 is 4.99. The van der Waals surface area contributed by atoms with E-state index in [1.165, 1.54) is 0 Å². The van der Waals surface area contributed by atoms with Gasteiger partial charge in [-0.3, -0.25) is 4.79 Å². The van der Waals surface area contributed by atoms with Gasteiger partial charge < -0.3 is 9.64 Å². The molecule has 0 saturated heterocycles. The topological polar surface area (TPSA) is 29.5 Å². The molecule has 0 unspecified atom stereocenters. The Morgan fingerprint density at radius 1 is 1.40 bits per heavy atom. The minimum atomic E-state index is 0.0429. The molecular weight excluding hydrogens is 190 g/mol. The van der Waals surface area contributed by atoms with Crippen LogP contribution in [0.4, 0.5) is 5.69 Å². The van der Waals surface area contributed by atoms with Crippen LogP contribution in [0.5, 0.6) is 0 Å². The van der Waals surface area contributed by atoms with E-state index >= 15 is 0 Å². The summed E-state index contributed by atoms with van der Waals surface area (Å²) in [5.41, 5.74) is 2.06. The predicted molar refractivity (Wildman–Crippen MR) is 61.1 cm³/mol. The Hall–Kier alpha value is -1.35. The zero-order chi connectivity index (χ0) is 11.3. The van der Waals surface area contributed by atoms with E-state index < -0.39 is 0 Å². The van der Waals surface area contributed by atoms with Gasteiger partial charge in [0, 0.05) is 26.3 Å². The van der Waals surface area contributed by atoms with E-state index in [1.807, 2.05) is 31.2 Å². The highest BCUT2D eigenvalue weighted by Crippen LogP contribution is 2.19. The molecule has 0 radical (unpaired) electrons. The molecule has 15 heavy (non-hydrogen) atoms. The molecule has 1 rings (SSSR count). The van der Waals surface area contributed by atoms with Crippen molar-refractivity contribution in [2.45, 2.75) is 13.8 Å². The van der Waals surface area contributed by atoms with Gasteiger partial charge in [-0.2, -0.15) is 0 Å². The van der Waals surface area contributed by atoms with E-state index in [0.29, 0.717) is 13.2 Å². The second kappa shape index (κ2) is 5.51. The summed E-state index contributed by atoms with van der Waals surface area (Å²) in [5.74, 6) is 0.0429. The van der Waals surface area contributed by atoms with E-state index in [0.717, 1.165) is 11.3 Å². The molecule has 0 heterocycles. The quantitative estimate of drug-likeness (QED) is 0.755. The average molecular weight is 207 g/mol. The smallest absolute Gasteiger partial charge is 0.223 e. The third kappa shape index (κ3) is 3.06. The number of hydrogen-bond acceptors (Lipinski definition) is 2. The first kappa shape index (κ1) is 11.7. The number of carbonyl (C=O) groups excluding carboxylic acids is 1. The van der Waals surface area contributed by atoms with E-state index in [1.54, 1.807) is 18.9 Å². The second-order valence-electron chi connectivity index (χ2n) is 3.45. The molecule has 0 bridgehead atoms. The zero-order valence-corrected chi connectivity index (χ0v) is 9.49. The molecule has 0 spiro atoms. The van der Waals surface area contributed by atoms with Gasteiger partial charge in [0.15, 0.2) is 0 Å². The van der Waals surface area contributed by atoms with Crippen LogP contribution in [0.25, 0.3) is 0 Å². The van der Waals surface area contributed by atoms with E-state index in [-0.39, 0.29) is 5.91 Å². The highest BCUT2D eigenvalue weighted by Gasteiger charge is 2.12. The average Bonchev–Trinajstić information content (AvgIpc) is 2.20. The number of para-hydroxylation sites is 1. The molecule has 1 amide bonds. The minimum absolute atomic E-state index is 0.0429. The van der Waals surface area contributed by atoms with Crippen LogP contribution >= 0.6 is 0 Å². The van der Waals surface area contributed by atoms with Crippen LogP contribution in [0.15, 0.2) is 24.3 Å². The Balaban J connectivity index is 2.89. The number of anilines is 1. The third-order valence-electron chi connectivity index (χ3n) is 2.31. The van der Waals surface area contributed by atoms with Crippen molar-refractivity contribution in [1.82, 2.24) is 0 Å². The molecule has 3 heteroatoms. The fourth-order valence-corrected chi connectivity index (χ4v) is 1.50. The molecule has 0 atom stereocenters. The Morgan fingerprint density at radius 3 is 2.60 bits per heavy atom. The largest absolute Gasteiger partial charge is 0.383 e. The maximum Gasteiger partial charge on any atom is 0.223 e. The summed E-state index contributed by atoms with van der Waals surface area (Å²) in [5, 5.41) is 0. The number of ether oxygens (including phenoxy) is 1. The van der Waals surface area contributed by atoms with Gasteiger partial charge in [0.1, 0.15) is 0 Å². The van der Waals surface area contributed by atoms with E-state index in [2.05, 4.69) is 0 Å². The van der Waals surface area contributed by atoms with Gasteiger partial charge in [-0.05, 0) is 18.6 Å². The summed E-state index contributed by atoms with van der Waals surface area (Å²) in [6, 6.07) is 7.85. The molecular formula is C12H17NO2. The van der Waals surface area contributed by atoms with Crippen molar-refractivity contribution in [1.29, 1.82) is 0 Å². The van der Waals surface area contributed by atoms with Crippen LogP contribution in [-0.4, -0.2) is 26.2 Å². The van der Waals surface area contributed by atoms with Crippen LogP contribution in [0.3, 0.4) is 0 Å². The van der Waals surface area contributed by atoms with Crippen molar-refractivity contribution in [2.75, 3.05) is 25.2 Å². The summed E-state index contributed by atoms with van der Waals surface area (Å²) in [7, 11) is 1.64. The lowest BCUT2D eigenvalue weighted by Crippen LogP contribution is -2.32. The number of benzene rings is 1. The SMILES string of the molecule is COCCN(C(C)=O)c1ccccc1C. The molecule has 0 aliphatic heterocycles. The first-order valence-electron chi connectivity index (χ1n) is 4.99. The van der Waals surface area contributed by atoms with Crippen molar-refractivity contribution >= 4 is 11.6 Å². The van der Waals surface area contributed by atoms with Crippen molar-refractivity contribution in [2.24, 2.45) is 0 Å². The van der Waals surface area contributed by atoms with Gasteiger partial charge >= 0.3 is 0 Å². The molecule has 0 aliphatic carbocycles. The van der Waals surface area contributed by atoms with Gasteiger partial charge in [-0.15, -0.1) is 0 Å². The van der Waals surface area contributed by atoms with Gasteiger partial charge in [0.2, 0.25) is 5.91 Å². The number of aryl methyl sites for hydroxylation is 1. The normalized spacial score (nSPS) is 10.1. The monoisotopic (exact) mass is 207 g/mol. The molecule has 0 aliphatic rings. The lowest BCUT2D eigenvalue weighted by atomic mass is 10.2. The number of hydrogen-bond donors (Lipinski definition) is 0. The van der Waals surface area contributed by atoms with Crippen molar-refractivity contribution in [3.63, 3.8) is 0 Å². The maximum atomic E-state index is 11.5. The molecule has 3 nitrogen and oxygen atoms in total. The molecule has 0 saturated carbocycles. The van der Waals surface area contributed by atoms with Crippen molar-refractivity contribution < 1.29 is 9.53 Å². The summed E-state index contributed by atoms with van der Waals surface area (Å²) in [6.45, 7) is 4.71. The number of amides is 1. The lowest BCUT2D eigenvalue weighted by molar-refractivity contribution is -0.116. The highest BCUT2D eigenvalue weighted by atomic mass is 16.5. The van der Waals surface area contributed by atoms with Gasteiger partial charge in [0.25, 0.3) is 0 Å². The van der Waals surface area contributed by atoms with Gasteiger partial charge in [-0.1, -0.05) is 18.2 Å². The van der Waals surface area contributed by atoms with E-state index in [9.17, 15) is 4.79 Å². The first-order valence-corrected chi connectivity index (χ1v) is 4.99. The van der Waals surface area contributed by atoms with Crippen LogP contribution in [0.1, 0.15) is 12.5 Å². The second-order valence-corrected chi connectivity index (χ2v) is 3.45. The summed E-state index contributed by atoms with van der Waals surface area (Å²) in [6.07, 6.45) is 0. The van der Waals surface area contributed by atoms with Crippen LogP contribution in [0.2, 0.25) is 0 Å². The Bertz CT molecular complexity index is 336. The number of carbonyl (C=O) groups is 1. The fraction of sp³-hybridized carbons (Fsp3) is 0.417. The molecule has 1 aromatic carbocycles. The van der Waals surface area contributed by atoms with Crippen LogP contribution in [-0.2, 0) is 9.53 Å². The van der Waals surface area contributed by atoms with E-state index in [4.69, 9.17) is 4.74 Å². The summed E-state index contributed by atoms with van der Waals surface area (Å²) in [4.78, 5) is 13.2. The number of rotatable bonds is 4. The Kier molecular flexibility index (Phi) is 4.31. The first-order chi connectivity index (χ1) is 7.16. The minimum Gasteiger partial charge on any atom is -0.383 e. The number of nitrogens with zero attached hydrogens (tertiary/aromatic N) is 1. The predicted octanol–water partition coefficient (Wildman–Crippen LogP) is 1.99. The van der Waals surface area contributed by atoms with Crippen molar-refractivity contribution in [3.8, 4) is 0 Å². The standard InChI is InChI=1S/C12H17NO2/c1-10-6-4-5-7-12(10)13(11(2)14)8-9-15-3/h4-7H,8-9H2,1-3H3.